The van der Waals surface area contributed by atoms with Crippen LogP contribution in [0.2, 0.25) is 0 Å². The summed E-state index contributed by atoms with van der Waals surface area (Å²) in [5, 5.41) is 21.7. The van der Waals surface area contributed by atoms with Crippen LogP contribution in [0, 0.1) is 6.92 Å². The molecule has 1 aliphatic rings. The van der Waals surface area contributed by atoms with Gasteiger partial charge >= 0.3 is 5.97 Å². The summed E-state index contributed by atoms with van der Waals surface area (Å²) in [7, 11) is -3.82. The van der Waals surface area contributed by atoms with Gasteiger partial charge in [-0.1, -0.05) is 0 Å². The van der Waals surface area contributed by atoms with Crippen molar-refractivity contribution in [2.45, 2.75) is 30.7 Å². The van der Waals surface area contributed by atoms with E-state index >= 15 is 0 Å². The monoisotopic (exact) mass is 314 g/mol. The molecule has 1 aliphatic heterocycles. The summed E-state index contributed by atoms with van der Waals surface area (Å²) in [6, 6.07) is 1.98. The Bertz CT molecular complexity index is 651. The molecule has 0 spiro atoms. The Balaban J connectivity index is 2.34. The van der Waals surface area contributed by atoms with Crippen molar-refractivity contribution in [3.8, 4) is 5.75 Å². The van der Waals surface area contributed by atoms with Gasteiger partial charge in [0.1, 0.15) is 11.3 Å². The molecule has 8 heteroatoms. The van der Waals surface area contributed by atoms with Crippen LogP contribution < -0.4 is 10.0 Å². The summed E-state index contributed by atoms with van der Waals surface area (Å²) in [6.45, 7) is 2.99. The number of benzene rings is 1. The van der Waals surface area contributed by atoms with Gasteiger partial charge in [0, 0.05) is 6.04 Å². The molecule has 7 nitrogen and oxygen atoms in total. The van der Waals surface area contributed by atoms with Crippen LogP contribution in [-0.2, 0) is 10.0 Å². The van der Waals surface area contributed by atoms with Gasteiger partial charge in [0.15, 0.2) is 0 Å². The maximum atomic E-state index is 12.4. The van der Waals surface area contributed by atoms with E-state index in [-0.39, 0.29) is 10.9 Å². The van der Waals surface area contributed by atoms with Crippen LogP contribution in [0.15, 0.2) is 17.0 Å². The van der Waals surface area contributed by atoms with Gasteiger partial charge in [-0.15, -0.1) is 0 Å². The molecular formula is C13H18N2O5S. The first kappa shape index (κ1) is 15.7. The number of piperidine rings is 1. The predicted molar refractivity (Wildman–Crippen MR) is 76.0 cm³/mol. The van der Waals surface area contributed by atoms with E-state index in [0.29, 0.717) is 18.4 Å². The zero-order valence-electron chi connectivity index (χ0n) is 11.6. The van der Waals surface area contributed by atoms with Gasteiger partial charge in [-0.3, -0.25) is 0 Å². The number of aromatic carboxylic acids is 1. The summed E-state index contributed by atoms with van der Waals surface area (Å²) in [5.74, 6) is -1.81. The largest absolute Gasteiger partial charge is 0.507 e. The quantitative estimate of drug-likeness (QED) is 0.640. The van der Waals surface area contributed by atoms with E-state index in [2.05, 4.69) is 10.0 Å². The molecule has 1 aromatic carbocycles. The molecule has 2 rings (SSSR count). The summed E-state index contributed by atoms with van der Waals surface area (Å²) in [6.07, 6.45) is 1.37. The zero-order valence-corrected chi connectivity index (χ0v) is 12.4. The third-order valence-corrected chi connectivity index (χ3v) is 5.14. The van der Waals surface area contributed by atoms with Crippen LogP contribution in [0.5, 0.6) is 5.75 Å². The average Bonchev–Trinajstić information content (AvgIpc) is 2.38. The third kappa shape index (κ3) is 3.52. The van der Waals surface area contributed by atoms with Crippen LogP contribution in [-0.4, -0.2) is 43.7 Å². The molecule has 1 heterocycles. The molecule has 1 fully saturated rings. The molecular weight excluding hydrogens is 296 g/mol. The molecule has 0 unspecified atom stereocenters. The topological polar surface area (TPSA) is 116 Å². The van der Waals surface area contributed by atoms with Crippen LogP contribution in [0.4, 0.5) is 0 Å². The Morgan fingerprint density at radius 1 is 1.33 bits per heavy atom. The molecule has 21 heavy (non-hydrogen) atoms. The van der Waals surface area contributed by atoms with Gasteiger partial charge in [-0.25, -0.2) is 17.9 Å². The van der Waals surface area contributed by atoms with E-state index in [0.717, 1.165) is 25.2 Å². The number of sulfonamides is 1. The first-order valence-electron chi connectivity index (χ1n) is 6.61. The average molecular weight is 314 g/mol. The number of carboxylic acids is 1. The molecule has 0 saturated carbocycles. The number of carbonyl (C=O) groups is 1. The number of hydrogen-bond acceptors (Lipinski definition) is 5. The Morgan fingerprint density at radius 2 is 1.95 bits per heavy atom. The predicted octanol–water partition coefficient (Wildman–Crippen LogP) is 0.429. The maximum Gasteiger partial charge on any atom is 0.339 e. The second kappa shape index (κ2) is 6.00. The molecule has 0 bridgehead atoms. The summed E-state index contributed by atoms with van der Waals surface area (Å²) in [5.41, 5.74) is -0.120. The fourth-order valence-electron chi connectivity index (χ4n) is 2.36. The van der Waals surface area contributed by atoms with E-state index in [9.17, 15) is 18.3 Å². The van der Waals surface area contributed by atoms with Crippen molar-refractivity contribution < 1.29 is 23.4 Å². The fourth-order valence-corrected chi connectivity index (χ4v) is 3.91. The number of hydrogen-bond donors (Lipinski definition) is 4. The first-order valence-corrected chi connectivity index (χ1v) is 8.09. The SMILES string of the molecule is Cc1cc(O)c(C(=O)O)cc1S(=O)(=O)NC1CCNCC1. The Labute approximate surface area is 123 Å². The van der Waals surface area contributed by atoms with Gasteiger partial charge in [0.25, 0.3) is 0 Å². The van der Waals surface area contributed by atoms with Gasteiger partial charge in [0.05, 0.1) is 4.90 Å². The number of nitrogens with one attached hydrogen (secondary N) is 2. The highest BCUT2D eigenvalue weighted by Crippen LogP contribution is 2.26. The maximum absolute atomic E-state index is 12.4. The number of rotatable bonds is 4. The van der Waals surface area contributed by atoms with Crippen molar-refractivity contribution in [2.24, 2.45) is 0 Å². The van der Waals surface area contributed by atoms with Crippen LogP contribution in [0.1, 0.15) is 28.8 Å². The highest BCUT2D eigenvalue weighted by molar-refractivity contribution is 7.89. The molecule has 4 N–H and O–H groups in total. The highest BCUT2D eigenvalue weighted by atomic mass is 32.2. The molecule has 0 aromatic heterocycles. The highest BCUT2D eigenvalue weighted by Gasteiger charge is 2.25. The lowest BCUT2D eigenvalue weighted by Gasteiger charge is -2.24. The summed E-state index contributed by atoms with van der Waals surface area (Å²) in [4.78, 5) is 10.9. The lowest BCUT2D eigenvalue weighted by molar-refractivity contribution is 0.0693. The Kier molecular flexibility index (Phi) is 4.50. The van der Waals surface area contributed by atoms with Gasteiger partial charge in [-0.05, 0) is 50.6 Å². The van der Waals surface area contributed by atoms with Gasteiger partial charge < -0.3 is 15.5 Å². The smallest absolute Gasteiger partial charge is 0.339 e. The molecule has 1 saturated heterocycles. The second-order valence-corrected chi connectivity index (χ2v) is 6.77. The normalized spacial score (nSPS) is 16.8. The minimum Gasteiger partial charge on any atom is -0.507 e. The summed E-state index contributed by atoms with van der Waals surface area (Å²) < 4.78 is 27.4. The zero-order chi connectivity index (χ0) is 15.6. The first-order chi connectivity index (χ1) is 9.81. The van der Waals surface area contributed by atoms with E-state index in [1.807, 2.05) is 0 Å². The van der Waals surface area contributed by atoms with E-state index < -0.39 is 27.3 Å². The molecule has 0 amide bonds. The van der Waals surface area contributed by atoms with Crippen LogP contribution in [0.3, 0.4) is 0 Å². The van der Waals surface area contributed by atoms with Crippen molar-refractivity contribution in [3.05, 3.63) is 23.3 Å². The Morgan fingerprint density at radius 3 is 2.52 bits per heavy atom. The van der Waals surface area contributed by atoms with E-state index in [4.69, 9.17) is 5.11 Å². The van der Waals surface area contributed by atoms with E-state index in [1.54, 1.807) is 0 Å². The number of aryl methyl sites for hydroxylation is 1. The van der Waals surface area contributed by atoms with E-state index in [1.165, 1.54) is 6.92 Å². The van der Waals surface area contributed by atoms with Crippen LogP contribution >= 0.6 is 0 Å². The minimum absolute atomic E-state index is 0.115. The molecule has 0 atom stereocenters. The lowest BCUT2D eigenvalue weighted by Crippen LogP contribution is -2.42. The van der Waals surface area contributed by atoms with Crippen molar-refractivity contribution in [1.29, 1.82) is 0 Å². The minimum atomic E-state index is -3.82. The summed E-state index contributed by atoms with van der Waals surface area (Å²) >= 11 is 0. The lowest BCUT2D eigenvalue weighted by atomic mass is 10.1. The number of phenols is 1. The fraction of sp³-hybridized carbons (Fsp3) is 0.462. The third-order valence-electron chi connectivity index (χ3n) is 3.47. The van der Waals surface area contributed by atoms with Gasteiger partial charge in [0.2, 0.25) is 10.0 Å². The Hall–Kier alpha value is -1.64. The standard InChI is InChI=1S/C13H18N2O5S/c1-8-6-11(16)10(13(17)18)7-12(8)21(19,20)15-9-2-4-14-5-3-9/h6-7,9,14-16H,2-5H2,1H3,(H,17,18). The molecule has 1 aromatic rings. The molecule has 0 aliphatic carbocycles. The second-order valence-electron chi connectivity index (χ2n) is 5.09. The van der Waals surface area contributed by atoms with Crippen molar-refractivity contribution >= 4 is 16.0 Å². The van der Waals surface area contributed by atoms with Crippen molar-refractivity contribution in [1.82, 2.24) is 10.0 Å². The van der Waals surface area contributed by atoms with Crippen molar-refractivity contribution in [2.75, 3.05) is 13.1 Å². The van der Waals surface area contributed by atoms with Crippen molar-refractivity contribution in [3.63, 3.8) is 0 Å². The van der Waals surface area contributed by atoms with Gasteiger partial charge in [-0.2, -0.15) is 0 Å². The number of aromatic hydroxyl groups is 1. The molecule has 116 valence electrons. The van der Waals surface area contributed by atoms with Crippen LogP contribution in [0.25, 0.3) is 0 Å². The molecule has 0 radical (unpaired) electrons. The number of carboxylic acid groups (broad SMARTS) is 1.